The van der Waals surface area contributed by atoms with Gasteiger partial charge in [-0.3, -0.25) is 9.78 Å². The summed E-state index contributed by atoms with van der Waals surface area (Å²) in [6.45, 7) is 8.39. The standard InChI is InChI=1S/C23H32N4O5S/c1-5-27-16(3)20(23(29)32-6-2)21(17(27)4)33(30,31)26-12-8-10-19(15-26)22(28)25-14-18-9-7-11-24-13-18/h7,9,11,13,19H,5-6,8,10,12,14-15H2,1-4H3,(H,25,28)/t19-/m1/s1. The zero-order chi connectivity index (χ0) is 24.2. The predicted octanol–water partition coefficient (Wildman–Crippen LogP) is 2.41. The molecule has 0 spiro atoms. The number of aromatic nitrogens is 2. The molecule has 0 aliphatic carbocycles. The molecule has 1 N–H and O–H groups in total. The molecule has 180 valence electrons. The largest absolute Gasteiger partial charge is 0.462 e. The lowest BCUT2D eigenvalue weighted by Crippen LogP contribution is -2.45. The number of pyridine rings is 1. The van der Waals surface area contributed by atoms with E-state index in [4.69, 9.17) is 4.74 Å². The Balaban J connectivity index is 1.85. The number of carbonyl (C=O) groups excluding carboxylic acids is 2. The third kappa shape index (κ3) is 5.11. The van der Waals surface area contributed by atoms with Gasteiger partial charge in [0.25, 0.3) is 0 Å². The Morgan fingerprint density at radius 1 is 1.24 bits per heavy atom. The summed E-state index contributed by atoms with van der Waals surface area (Å²) in [6.07, 6.45) is 4.50. The molecular weight excluding hydrogens is 444 g/mol. The van der Waals surface area contributed by atoms with Crippen LogP contribution in [-0.4, -0.2) is 53.8 Å². The van der Waals surface area contributed by atoms with E-state index in [9.17, 15) is 18.0 Å². The first-order valence-electron chi connectivity index (χ1n) is 11.3. The topological polar surface area (TPSA) is 111 Å². The van der Waals surface area contributed by atoms with Gasteiger partial charge in [-0.05, 0) is 52.2 Å². The van der Waals surface area contributed by atoms with Crippen molar-refractivity contribution in [2.45, 2.75) is 58.5 Å². The molecule has 1 aliphatic heterocycles. The maximum Gasteiger partial charge on any atom is 0.341 e. The van der Waals surface area contributed by atoms with E-state index in [1.165, 1.54) is 4.31 Å². The molecule has 2 aromatic heterocycles. The highest BCUT2D eigenvalue weighted by atomic mass is 32.2. The predicted molar refractivity (Wildman–Crippen MR) is 123 cm³/mol. The van der Waals surface area contributed by atoms with Crippen molar-refractivity contribution in [1.29, 1.82) is 0 Å². The average Bonchev–Trinajstić information content (AvgIpc) is 3.08. The Morgan fingerprint density at radius 3 is 2.64 bits per heavy atom. The Hall–Kier alpha value is -2.72. The third-order valence-electron chi connectivity index (χ3n) is 6.07. The van der Waals surface area contributed by atoms with Crippen LogP contribution in [-0.2, 0) is 32.6 Å². The smallest absolute Gasteiger partial charge is 0.341 e. The van der Waals surface area contributed by atoms with Crippen molar-refractivity contribution in [2.24, 2.45) is 5.92 Å². The molecule has 1 aliphatic rings. The highest BCUT2D eigenvalue weighted by Crippen LogP contribution is 2.32. The van der Waals surface area contributed by atoms with Crippen molar-refractivity contribution < 1.29 is 22.7 Å². The minimum absolute atomic E-state index is 0.0169. The van der Waals surface area contributed by atoms with E-state index in [0.717, 1.165) is 5.56 Å². The summed E-state index contributed by atoms with van der Waals surface area (Å²) < 4.78 is 35.8. The fraction of sp³-hybridized carbons (Fsp3) is 0.522. The second kappa shape index (κ2) is 10.5. The minimum Gasteiger partial charge on any atom is -0.462 e. The molecule has 0 radical (unpaired) electrons. The Kier molecular flexibility index (Phi) is 7.91. The molecular formula is C23H32N4O5S. The van der Waals surface area contributed by atoms with Gasteiger partial charge >= 0.3 is 5.97 Å². The summed E-state index contributed by atoms with van der Waals surface area (Å²) in [5, 5.41) is 2.88. The maximum atomic E-state index is 13.7. The van der Waals surface area contributed by atoms with Gasteiger partial charge in [-0.2, -0.15) is 4.31 Å². The summed E-state index contributed by atoms with van der Waals surface area (Å²) in [5.41, 5.74) is 2.02. The van der Waals surface area contributed by atoms with Crippen LogP contribution in [0.25, 0.3) is 0 Å². The number of ether oxygens (including phenoxy) is 1. The second-order valence-corrected chi connectivity index (χ2v) is 10.00. The van der Waals surface area contributed by atoms with Crippen molar-refractivity contribution in [3.05, 3.63) is 47.0 Å². The molecule has 2 aromatic rings. The summed E-state index contributed by atoms with van der Waals surface area (Å²) >= 11 is 0. The number of hydrogen-bond acceptors (Lipinski definition) is 6. The van der Waals surface area contributed by atoms with Crippen LogP contribution in [0.1, 0.15) is 54.0 Å². The number of carbonyl (C=O) groups is 2. The fourth-order valence-electron chi connectivity index (χ4n) is 4.43. The van der Waals surface area contributed by atoms with E-state index in [2.05, 4.69) is 10.3 Å². The van der Waals surface area contributed by atoms with Crippen LogP contribution in [0.5, 0.6) is 0 Å². The number of rotatable bonds is 8. The number of hydrogen-bond donors (Lipinski definition) is 1. The van der Waals surface area contributed by atoms with Crippen LogP contribution in [0.2, 0.25) is 0 Å². The van der Waals surface area contributed by atoms with Gasteiger partial charge in [-0.25, -0.2) is 13.2 Å². The Morgan fingerprint density at radius 2 is 2.00 bits per heavy atom. The maximum absolute atomic E-state index is 13.7. The molecule has 0 bridgehead atoms. The Labute approximate surface area is 195 Å². The lowest BCUT2D eigenvalue weighted by atomic mass is 9.99. The number of nitrogens with one attached hydrogen (secondary N) is 1. The fourth-order valence-corrected chi connectivity index (χ4v) is 6.40. The molecule has 1 fully saturated rings. The van der Waals surface area contributed by atoms with Gasteiger partial charge in [0.05, 0.1) is 12.5 Å². The van der Waals surface area contributed by atoms with Crippen LogP contribution in [0.3, 0.4) is 0 Å². The van der Waals surface area contributed by atoms with Gasteiger partial charge in [0.2, 0.25) is 15.9 Å². The first kappa shape index (κ1) is 24.9. The van der Waals surface area contributed by atoms with Crippen LogP contribution in [0, 0.1) is 19.8 Å². The van der Waals surface area contributed by atoms with Gasteiger partial charge in [-0.15, -0.1) is 0 Å². The molecule has 0 saturated carbocycles. The van der Waals surface area contributed by atoms with E-state index >= 15 is 0 Å². The quantitative estimate of drug-likeness (QED) is 0.586. The molecule has 3 rings (SSSR count). The second-order valence-electron chi connectivity index (χ2n) is 8.12. The summed E-state index contributed by atoms with van der Waals surface area (Å²) in [6, 6.07) is 3.66. The van der Waals surface area contributed by atoms with Crippen LogP contribution in [0.4, 0.5) is 0 Å². The summed E-state index contributed by atoms with van der Waals surface area (Å²) in [4.78, 5) is 29.5. The highest BCUT2D eigenvalue weighted by Gasteiger charge is 2.39. The molecule has 10 heteroatoms. The third-order valence-corrected chi connectivity index (χ3v) is 8.09. The van der Waals surface area contributed by atoms with E-state index in [-0.39, 0.29) is 29.5 Å². The lowest BCUT2D eigenvalue weighted by Gasteiger charge is -2.31. The first-order valence-corrected chi connectivity index (χ1v) is 12.7. The van der Waals surface area contributed by atoms with Crippen molar-refractivity contribution in [3.8, 4) is 0 Å². The van der Waals surface area contributed by atoms with Crippen molar-refractivity contribution in [1.82, 2.24) is 19.2 Å². The van der Waals surface area contributed by atoms with E-state index in [1.54, 1.807) is 43.8 Å². The summed E-state index contributed by atoms with van der Waals surface area (Å²) in [5.74, 6) is -1.30. The molecule has 9 nitrogen and oxygen atoms in total. The summed E-state index contributed by atoms with van der Waals surface area (Å²) in [7, 11) is -4.01. The number of nitrogens with zero attached hydrogens (tertiary/aromatic N) is 3. The molecule has 0 unspecified atom stereocenters. The molecule has 33 heavy (non-hydrogen) atoms. The first-order chi connectivity index (χ1) is 15.7. The normalized spacial score (nSPS) is 17.0. The van der Waals surface area contributed by atoms with Gasteiger partial charge in [-0.1, -0.05) is 6.07 Å². The monoisotopic (exact) mass is 476 g/mol. The van der Waals surface area contributed by atoms with E-state index < -0.39 is 21.9 Å². The van der Waals surface area contributed by atoms with Crippen LogP contribution >= 0.6 is 0 Å². The Bertz CT molecular complexity index is 1110. The van der Waals surface area contributed by atoms with Gasteiger partial charge in [0, 0.05) is 50.0 Å². The highest BCUT2D eigenvalue weighted by molar-refractivity contribution is 7.89. The molecule has 3 heterocycles. The zero-order valence-corrected chi connectivity index (χ0v) is 20.4. The van der Waals surface area contributed by atoms with Crippen LogP contribution in [0.15, 0.2) is 29.4 Å². The van der Waals surface area contributed by atoms with Crippen molar-refractivity contribution >= 4 is 21.9 Å². The number of esters is 1. The minimum atomic E-state index is -4.01. The van der Waals surface area contributed by atoms with Gasteiger partial charge in [0.1, 0.15) is 10.5 Å². The molecule has 1 atom stereocenters. The van der Waals surface area contributed by atoms with Gasteiger partial charge in [0.15, 0.2) is 0 Å². The van der Waals surface area contributed by atoms with E-state index in [1.807, 2.05) is 13.0 Å². The lowest BCUT2D eigenvalue weighted by molar-refractivity contribution is -0.126. The number of sulfonamides is 1. The van der Waals surface area contributed by atoms with Crippen LogP contribution < -0.4 is 5.32 Å². The molecule has 0 aromatic carbocycles. The molecule has 1 saturated heterocycles. The van der Waals surface area contributed by atoms with E-state index in [0.29, 0.717) is 43.9 Å². The van der Waals surface area contributed by atoms with Crippen molar-refractivity contribution in [3.63, 3.8) is 0 Å². The average molecular weight is 477 g/mol. The SMILES string of the molecule is CCOC(=O)c1c(S(=O)(=O)N2CCC[C@@H](C(=O)NCc3cccnc3)C2)c(C)n(CC)c1C. The molecule has 1 amide bonds. The number of amides is 1. The number of piperidine rings is 1. The van der Waals surface area contributed by atoms with Gasteiger partial charge < -0.3 is 14.6 Å². The zero-order valence-electron chi connectivity index (χ0n) is 19.6. The van der Waals surface area contributed by atoms with Crippen molar-refractivity contribution in [2.75, 3.05) is 19.7 Å².